The molecule has 3 aromatic rings. The Labute approximate surface area is 179 Å². The second kappa shape index (κ2) is 9.45. The van der Waals surface area contributed by atoms with E-state index in [1.165, 1.54) is 0 Å². The van der Waals surface area contributed by atoms with E-state index < -0.39 is 12.6 Å². The number of carbonyl (C=O) groups is 1. The molecule has 3 aromatic carbocycles. The number of aliphatic carboxylic acids is 1. The monoisotopic (exact) mass is 418 g/mol. The number of nitrogen functional groups attached to an aromatic ring is 2. The average molecular weight is 418 g/mol. The Morgan fingerprint density at radius 3 is 2.16 bits per heavy atom. The molecule has 0 spiro atoms. The number of carboxylic acids is 1. The van der Waals surface area contributed by atoms with Gasteiger partial charge in [0, 0.05) is 11.1 Å². The van der Waals surface area contributed by atoms with Crippen LogP contribution in [0.1, 0.15) is 16.7 Å². The highest BCUT2D eigenvalue weighted by Gasteiger charge is 2.09. The maximum Gasteiger partial charge on any atom is 0.341 e. The van der Waals surface area contributed by atoms with Crippen molar-refractivity contribution in [2.24, 2.45) is 11.5 Å². The summed E-state index contributed by atoms with van der Waals surface area (Å²) in [5, 5.41) is 24.0. The van der Waals surface area contributed by atoms with Gasteiger partial charge in [-0.3, -0.25) is 10.8 Å². The third kappa shape index (κ3) is 5.83. The van der Waals surface area contributed by atoms with Gasteiger partial charge in [-0.15, -0.1) is 0 Å². The molecule has 8 nitrogen and oxygen atoms in total. The zero-order valence-electron chi connectivity index (χ0n) is 16.6. The lowest BCUT2D eigenvalue weighted by molar-refractivity contribution is -0.139. The fourth-order valence-corrected chi connectivity index (χ4v) is 2.90. The predicted molar refractivity (Wildman–Crippen MR) is 118 cm³/mol. The van der Waals surface area contributed by atoms with E-state index in [0.29, 0.717) is 22.6 Å². The summed E-state index contributed by atoms with van der Waals surface area (Å²) < 4.78 is 11.2. The molecule has 0 unspecified atom stereocenters. The minimum atomic E-state index is -1.08. The molecule has 0 saturated carbocycles. The number of hydrogen-bond donors (Lipinski definition) is 5. The number of carboxylic acid groups (broad SMARTS) is 1. The first kappa shape index (κ1) is 21.4. The van der Waals surface area contributed by atoms with Gasteiger partial charge >= 0.3 is 5.97 Å². The summed E-state index contributed by atoms with van der Waals surface area (Å²) in [5.41, 5.74) is 14.6. The number of nitrogens with two attached hydrogens (primary N) is 2. The van der Waals surface area contributed by atoms with Crippen LogP contribution in [0.3, 0.4) is 0 Å². The van der Waals surface area contributed by atoms with Gasteiger partial charge < -0.3 is 26.0 Å². The van der Waals surface area contributed by atoms with Crippen LogP contribution < -0.4 is 20.9 Å². The molecule has 8 heteroatoms. The van der Waals surface area contributed by atoms with Gasteiger partial charge in [-0.1, -0.05) is 18.2 Å². The van der Waals surface area contributed by atoms with Crippen LogP contribution in [0.4, 0.5) is 0 Å². The Balaban J connectivity index is 1.87. The van der Waals surface area contributed by atoms with Crippen LogP contribution in [0.5, 0.6) is 11.5 Å². The molecule has 0 bridgehead atoms. The lowest BCUT2D eigenvalue weighted by Gasteiger charge is -2.13. The summed E-state index contributed by atoms with van der Waals surface area (Å²) in [7, 11) is 0. The molecule has 0 atom stereocenters. The highest BCUT2D eigenvalue weighted by Crippen LogP contribution is 2.28. The molecule has 0 radical (unpaired) electrons. The van der Waals surface area contributed by atoms with Crippen molar-refractivity contribution in [3.63, 3.8) is 0 Å². The largest absolute Gasteiger partial charge is 0.489 e. The molecule has 31 heavy (non-hydrogen) atoms. The molecule has 7 N–H and O–H groups in total. The maximum absolute atomic E-state index is 10.9. The second-order valence-electron chi connectivity index (χ2n) is 6.77. The van der Waals surface area contributed by atoms with E-state index in [9.17, 15) is 4.79 Å². The maximum atomic E-state index is 10.9. The van der Waals surface area contributed by atoms with Gasteiger partial charge in [-0.2, -0.15) is 0 Å². The smallest absolute Gasteiger partial charge is 0.341 e. The van der Waals surface area contributed by atoms with Crippen LogP contribution in [0.15, 0.2) is 66.7 Å². The molecular weight excluding hydrogens is 396 g/mol. The average Bonchev–Trinajstić information content (AvgIpc) is 2.76. The van der Waals surface area contributed by atoms with Gasteiger partial charge in [0.25, 0.3) is 0 Å². The highest BCUT2D eigenvalue weighted by atomic mass is 16.5. The highest BCUT2D eigenvalue weighted by molar-refractivity contribution is 5.96. The van der Waals surface area contributed by atoms with Crippen LogP contribution in [-0.4, -0.2) is 29.4 Å². The molecule has 0 aliphatic heterocycles. The third-order valence-electron chi connectivity index (χ3n) is 4.41. The molecule has 0 fully saturated rings. The van der Waals surface area contributed by atoms with Gasteiger partial charge in [0.2, 0.25) is 0 Å². The van der Waals surface area contributed by atoms with Crippen molar-refractivity contribution in [1.29, 1.82) is 10.8 Å². The Bertz CT molecular complexity index is 1130. The van der Waals surface area contributed by atoms with Crippen LogP contribution in [0.25, 0.3) is 11.1 Å². The van der Waals surface area contributed by atoms with Gasteiger partial charge in [0.1, 0.15) is 29.8 Å². The normalized spacial score (nSPS) is 10.3. The molecule has 0 aliphatic rings. The summed E-state index contributed by atoms with van der Waals surface area (Å²) in [6.07, 6.45) is 0. The van der Waals surface area contributed by atoms with Gasteiger partial charge in [-0.25, -0.2) is 4.79 Å². The van der Waals surface area contributed by atoms with Gasteiger partial charge in [0.05, 0.1) is 0 Å². The number of rotatable bonds is 9. The van der Waals surface area contributed by atoms with Crippen LogP contribution in [0, 0.1) is 10.8 Å². The number of amidine groups is 2. The van der Waals surface area contributed by atoms with Crippen LogP contribution >= 0.6 is 0 Å². The van der Waals surface area contributed by atoms with Crippen LogP contribution in [-0.2, 0) is 11.4 Å². The first-order valence-electron chi connectivity index (χ1n) is 9.32. The number of benzene rings is 3. The predicted octanol–water partition coefficient (Wildman–Crippen LogP) is 2.96. The minimum Gasteiger partial charge on any atom is -0.489 e. The SMILES string of the molecule is N=C(N)c1ccc(OCc2cc(OCC(=O)O)cc(-c3cccc(C(=N)N)c3)c2)cc1. The topological polar surface area (TPSA) is 156 Å². The van der Waals surface area contributed by atoms with Gasteiger partial charge in [-0.05, 0) is 65.2 Å². The molecule has 0 aliphatic carbocycles. The minimum absolute atomic E-state index is 0.0211. The molecule has 158 valence electrons. The molecule has 0 aromatic heterocycles. The first-order valence-corrected chi connectivity index (χ1v) is 9.32. The fraction of sp³-hybridized carbons (Fsp3) is 0.0870. The van der Waals surface area contributed by atoms with Gasteiger partial charge in [0.15, 0.2) is 6.61 Å². The quantitative estimate of drug-likeness (QED) is 0.266. The van der Waals surface area contributed by atoms with E-state index >= 15 is 0 Å². The zero-order chi connectivity index (χ0) is 22.4. The summed E-state index contributed by atoms with van der Waals surface area (Å²) in [6, 6.07) is 19.4. The van der Waals surface area contributed by atoms with E-state index in [4.69, 9.17) is 36.9 Å². The van der Waals surface area contributed by atoms with E-state index in [1.54, 1.807) is 54.6 Å². The van der Waals surface area contributed by atoms with E-state index in [0.717, 1.165) is 16.7 Å². The summed E-state index contributed by atoms with van der Waals surface area (Å²) in [4.78, 5) is 10.9. The van der Waals surface area contributed by atoms with Crippen molar-refractivity contribution < 1.29 is 19.4 Å². The number of hydrogen-bond acceptors (Lipinski definition) is 5. The van der Waals surface area contributed by atoms with E-state index in [1.807, 2.05) is 12.1 Å². The fourth-order valence-electron chi connectivity index (χ4n) is 2.90. The Hall–Kier alpha value is -4.33. The van der Waals surface area contributed by atoms with E-state index in [-0.39, 0.29) is 18.3 Å². The van der Waals surface area contributed by atoms with Crippen molar-refractivity contribution in [2.75, 3.05) is 6.61 Å². The third-order valence-corrected chi connectivity index (χ3v) is 4.41. The first-order chi connectivity index (χ1) is 14.8. The second-order valence-corrected chi connectivity index (χ2v) is 6.77. The van der Waals surface area contributed by atoms with Crippen molar-refractivity contribution in [3.8, 4) is 22.6 Å². The molecular formula is C23H22N4O4. The van der Waals surface area contributed by atoms with Crippen LogP contribution in [0.2, 0.25) is 0 Å². The summed E-state index contributed by atoms with van der Waals surface area (Å²) in [6.45, 7) is -0.257. The van der Waals surface area contributed by atoms with Crippen molar-refractivity contribution >= 4 is 17.6 Å². The molecule has 0 amide bonds. The number of ether oxygens (including phenoxy) is 2. The summed E-state index contributed by atoms with van der Waals surface area (Å²) in [5.74, 6) is -0.155. The Kier molecular flexibility index (Phi) is 6.51. The Morgan fingerprint density at radius 1 is 0.806 bits per heavy atom. The lowest BCUT2D eigenvalue weighted by Crippen LogP contribution is -2.11. The Morgan fingerprint density at radius 2 is 1.52 bits per heavy atom. The molecule has 3 rings (SSSR count). The number of nitrogens with one attached hydrogen (secondary N) is 2. The zero-order valence-corrected chi connectivity index (χ0v) is 16.6. The van der Waals surface area contributed by atoms with Crippen molar-refractivity contribution in [2.45, 2.75) is 6.61 Å². The lowest BCUT2D eigenvalue weighted by atomic mass is 10.0. The molecule has 0 saturated heterocycles. The van der Waals surface area contributed by atoms with E-state index in [2.05, 4.69) is 0 Å². The summed E-state index contributed by atoms with van der Waals surface area (Å²) >= 11 is 0. The molecule has 0 heterocycles. The van der Waals surface area contributed by atoms with Crippen molar-refractivity contribution in [1.82, 2.24) is 0 Å². The standard InChI is InChI=1S/C23H22N4O4/c24-22(25)15-4-6-19(7-5-15)30-12-14-8-18(11-20(9-14)31-13-21(28)29)16-2-1-3-17(10-16)23(26)27/h1-11H,12-13H2,(H3,24,25)(H3,26,27)(H,28,29). The van der Waals surface area contributed by atoms with Crippen molar-refractivity contribution in [3.05, 3.63) is 83.4 Å².